The van der Waals surface area contributed by atoms with Crippen molar-refractivity contribution >= 4 is 24.4 Å². The summed E-state index contributed by atoms with van der Waals surface area (Å²) >= 11 is 0. The smallest absolute Gasteiger partial charge is 0.246 e. The Kier molecular flexibility index (Phi) is 6.26. The van der Waals surface area contributed by atoms with E-state index in [9.17, 15) is 4.79 Å². The van der Waals surface area contributed by atoms with Crippen LogP contribution in [0, 0.1) is 17.2 Å². The number of rotatable bonds is 4. The van der Waals surface area contributed by atoms with Crippen molar-refractivity contribution in [2.45, 2.75) is 32.2 Å². The lowest BCUT2D eigenvalue weighted by molar-refractivity contribution is -0.128. The van der Waals surface area contributed by atoms with Crippen molar-refractivity contribution in [3.8, 4) is 6.07 Å². The predicted molar refractivity (Wildman–Crippen MR) is 102 cm³/mol. The highest BCUT2D eigenvalue weighted by Crippen LogP contribution is 2.42. The van der Waals surface area contributed by atoms with Gasteiger partial charge < -0.3 is 4.90 Å². The van der Waals surface area contributed by atoms with E-state index >= 15 is 0 Å². The first kappa shape index (κ1) is 19.5. The third kappa shape index (κ3) is 4.62. The summed E-state index contributed by atoms with van der Waals surface area (Å²) < 4.78 is 0. The summed E-state index contributed by atoms with van der Waals surface area (Å²) in [4.78, 5) is 16.8. The molecular formula is C20H26ClN3O. The fraction of sp³-hybridized carbons (Fsp3) is 0.500. The molecule has 0 N–H and O–H groups in total. The Bertz CT molecular complexity index is 663. The average molecular weight is 360 g/mol. The lowest BCUT2D eigenvalue weighted by atomic mass is 9.95. The molecular weight excluding hydrogens is 334 g/mol. The van der Waals surface area contributed by atoms with E-state index in [1.54, 1.807) is 18.2 Å². The number of carbonyl (C=O) groups is 1. The summed E-state index contributed by atoms with van der Waals surface area (Å²) in [5.41, 5.74) is 1.84. The first-order valence-electron chi connectivity index (χ1n) is 8.73. The lowest BCUT2D eigenvalue weighted by Gasteiger charge is -2.44. The second-order valence-corrected chi connectivity index (χ2v) is 7.31. The SMILES string of the molecule is CC(C)(C1CC1)N1CCN(C(=O)C=Cc2ccc(C#N)cc2)CC1.Cl. The van der Waals surface area contributed by atoms with Crippen LogP contribution in [-0.2, 0) is 4.79 Å². The molecule has 0 bridgehead atoms. The molecule has 25 heavy (non-hydrogen) atoms. The zero-order chi connectivity index (χ0) is 17.2. The molecule has 1 saturated heterocycles. The number of hydrogen-bond acceptors (Lipinski definition) is 3. The summed E-state index contributed by atoms with van der Waals surface area (Å²) in [5.74, 6) is 0.902. The molecule has 0 unspecified atom stereocenters. The van der Waals surface area contributed by atoms with Gasteiger partial charge in [-0.2, -0.15) is 5.26 Å². The minimum atomic E-state index is 0. The van der Waals surface area contributed by atoms with E-state index in [4.69, 9.17) is 5.26 Å². The largest absolute Gasteiger partial charge is 0.337 e. The molecule has 2 aliphatic rings. The van der Waals surface area contributed by atoms with E-state index in [1.165, 1.54) is 12.8 Å². The maximum atomic E-state index is 12.4. The van der Waals surface area contributed by atoms with Crippen molar-refractivity contribution in [1.29, 1.82) is 5.26 Å². The van der Waals surface area contributed by atoms with Gasteiger partial charge in [-0.05, 0) is 56.4 Å². The number of carbonyl (C=O) groups excluding carboxylic acids is 1. The van der Waals surface area contributed by atoms with Crippen LogP contribution < -0.4 is 0 Å². The van der Waals surface area contributed by atoms with Crippen molar-refractivity contribution in [2.24, 2.45) is 5.92 Å². The highest BCUT2D eigenvalue weighted by atomic mass is 35.5. The minimum Gasteiger partial charge on any atom is -0.337 e. The zero-order valence-corrected chi connectivity index (χ0v) is 15.8. The molecule has 1 heterocycles. The third-order valence-electron chi connectivity index (χ3n) is 5.44. The standard InChI is InChI=1S/C20H25N3O.ClH/c1-20(2,18-8-9-18)23-13-11-22(12-14-23)19(24)10-7-16-3-5-17(15-21)6-4-16;/h3-7,10,18H,8-9,11-14H2,1-2H3;1H. The van der Waals surface area contributed by atoms with Gasteiger partial charge in [0.15, 0.2) is 0 Å². The van der Waals surface area contributed by atoms with Gasteiger partial charge in [-0.25, -0.2) is 0 Å². The van der Waals surface area contributed by atoms with Crippen LogP contribution in [0.1, 0.15) is 37.8 Å². The molecule has 1 amide bonds. The van der Waals surface area contributed by atoms with Gasteiger partial charge in [-0.1, -0.05) is 12.1 Å². The zero-order valence-electron chi connectivity index (χ0n) is 14.9. The van der Waals surface area contributed by atoms with E-state index in [0.29, 0.717) is 5.56 Å². The highest BCUT2D eigenvalue weighted by molar-refractivity contribution is 5.91. The van der Waals surface area contributed by atoms with E-state index in [-0.39, 0.29) is 23.9 Å². The summed E-state index contributed by atoms with van der Waals surface area (Å²) in [6.07, 6.45) is 6.16. The molecule has 1 saturated carbocycles. The van der Waals surface area contributed by atoms with Gasteiger partial charge in [0.2, 0.25) is 5.91 Å². The molecule has 0 atom stereocenters. The Balaban J connectivity index is 0.00000225. The van der Waals surface area contributed by atoms with Crippen LogP contribution in [0.5, 0.6) is 0 Å². The number of nitrogens with zero attached hydrogens (tertiary/aromatic N) is 3. The van der Waals surface area contributed by atoms with Gasteiger partial charge in [-0.15, -0.1) is 12.4 Å². The summed E-state index contributed by atoms with van der Waals surface area (Å²) in [5, 5.41) is 8.80. The van der Waals surface area contributed by atoms with E-state index in [0.717, 1.165) is 37.7 Å². The average Bonchev–Trinajstić information content (AvgIpc) is 3.46. The van der Waals surface area contributed by atoms with Crippen LogP contribution in [0.25, 0.3) is 6.08 Å². The Morgan fingerprint density at radius 2 is 1.76 bits per heavy atom. The number of piperazine rings is 1. The van der Waals surface area contributed by atoms with Gasteiger partial charge in [0.25, 0.3) is 0 Å². The minimum absolute atomic E-state index is 0. The summed E-state index contributed by atoms with van der Waals surface area (Å²) in [6.45, 7) is 8.19. The van der Waals surface area contributed by atoms with Gasteiger partial charge in [0.05, 0.1) is 11.6 Å². The lowest BCUT2D eigenvalue weighted by Crippen LogP contribution is -2.56. The predicted octanol–water partition coefficient (Wildman–Crippen LogP) is 3.33. The number of halogens is 1. The fourth-order valence-electron chi connectivity index (χ4n) is 3.49. The second kappa shape index (κ2) is 8.03. The Morgan fingerprint density at radius 1 is 1.16 bits per heavy atom. The first-order chi connectivity index (χ1) is 11.5. The molecule has 1 aromatic carbocycles. The number of nitriles is 1. The van der Waals surface area contributed by atoms with E-state index < -0.39 is 0 Å². The number of benzene rings is 1. The molecule has 1 aliphatic heterocycles. The van der Waals surface area contributed by atoms with Crippen molar-refractivity contribution in [2.75, 3.05) is 26.2 Å². The second-order valence-electron chi connectivity index (χ2n) is 7.31. The van der Waals surface area contributed by atoms with Crippen LogP contribution in [0.3, 0.4) is 0 Å². The molecule has 1 aliphatic carbocycles. The van der Waals surface area contributed by atoms with Gasteiger partial charge in [0, 0.05) is 37.8 Å². The molecule has 0 spiro atoms. The normalized spacial score (nSPS) is 18.7. The third-order valence-corrected chi connectivity index (χ3v) is 5.44. The summed E-state index contributed by atoms with van der Waals surface area (Å²) in [6, 6.07) is 9.35. The van der Waals surface area contributed by atoms with Crippen LogP contribution in [0.15, 0.2) is 30.3 Å². The van der Waals surface area contributed by atoms with Crippen molar-refractivity contribution in [3.63, 3.8) is 0 Å². The molecule has 3 rings (SSSR count). The van der Waals surface area contributed by atoms with Gasteiger partial charge in [-0.3, -0.25) is 9.69 Å². The number of hydrogen-bond donors (Lipinski definition) is 0. The van der Waals surface area contributed by atoms with Gasteiger partial charge in [0.1, 0.15) is 0 Å². The molecule has 4 nitrogen and oxygen atoms in total. The fourth-order valence-corrected chi connectivity index (χ4v) is 3.49. The van der Waals surface area contributed by atoms with E-state index in [2.05, 4.69) is 24.8 Å². The van der Waals surface area contributed by atoms with Crippen LogP contribution in [0.4, 0.5) is 0 Å². The molecule has 1 aromatic rings. The molecule has 2 fully saturated rings. The van der Waals surface area contributed by atoms with Crippen LogP contribution >= 0.6 is 12.4 Å². The van der Waals surface area contributed by atoms with Crippen LogP contribution in [-0.4, -0.2) is 47.4 Å². The molecule has 0 aromatic heterocycles. The maximum Gasteiger partial charge on any atom is 0.246 e. The number of amides is 1. The molecule has 5 heteroatoms. The topological polar surface area (TPSA) is 47.3 Å². The monoisotopic (exact) mass is 359 g/mol. The van der Waals surface area contributed by atoms with Crippen molar-refractivity contribution < 1.29 is 4.79 Å². The van der Waals surface area contributed by atoms with Crippen molar-refractivity contribution in [3.05, 3.63) is 41.5 Å². The first-order valence-corrected chi connectivity index (χ1v) is 8.73. The van der Waals surface area contributed by atoms with Crippen molar-refractivity contribution in [1.82, 2.24) is 9.80 Å². The highest BCUT2D eigenvalue weighted by Gasteiger charge is 2.42. The summed E-state index contributed by atoms with van der Waals surface area (Å²) in [7, 11) is 0. The Morgan fingerprint density at radius 3 is 2.28 bits per heavy atom. The molecule has 134 valence electrons. The van der Waals surface area contributed by atoms with Gasteiger partial charge >= 0.3 is 0 Å². The quantitative estimate of drug-likeness (QED) is 0.775. The maximum absolute atomic E-state index is 12.4. The Labute approximate surface area is 156 Å². The molecule has 0 radical (unpaired) electrons. The van der Waals surface area contributed by atoms with E-state index in [1.807, 2.05) is 23.1 Å². The Hall–Kier alpha value is -1.83. The van der Waals surface area contributed by atoms with Crippen LogP contribution in [0.2, 0.25) is 0 Å².